The van der Waals surface area contributed by atoms with Crippen molar-refractivity contribution in [2.75, 3.05) is 0 Å². The zero-order chi connectivity index (χ0) is 15.1. The standard InChI is InChI=1S/C15H13ClF3N/c1-8-4-9(2)14(10(3)5-8)12-6-11(15(17,18)19)7-13(16)20-12/h4-7H,1-3H3. The third-order valence-electron chi connectivity index (χ3n) is 3.05. The normalized spacial score (nSPS) is 11.8. The maximum atomic E-state index is 12.8. The van der Waals surface area contributed by atoms with Gasteiger partial charge in [0.25, 0.3) is 0 Å². The summed E-state index contributed by atoms with van der Waals surface area (Å²) in [5.41, 5.74) is 2.98. The zero-order valence-corrected chi connectivity index (χ0v) is 12.0. The van der Waals surface area contributed by atoms with Gasteiger partial charge in [0, 0.05) is 5.56 Å². The van der Waals surface area contributed by atoms with Crippen LogP contribution in [0.2, 0.25) is 5.15 Å². The van der Waals surface area contributed by atoms with Crippen LogP contribution in [0.1, 0.15) is 22.3 Å². The largest absolute Gasteiger partial charge is 0.416 e. The molecule has 0 saturated carbocycles. The Hall–Kier alpha value is -1.55. The first kappa shape index (κ1) is 14.9. The van der Waals surface area contributed by atoms with Crippen LogP contribution in [0.15, 0.2) is 24.3 Å². The lowest BCUT2D eigenvalue weighted by atomic mass is 9.96. The number of benzene rings is 1. The average Bonchev–Trinajstić information content (AvgIpc) is 2.25. The number of rotatable bonds is 1. The minimum absolute atomic E-state index is 0.158. The number of nitrogens with zero attached hydrogens (tertiary/aromatic N) is 1. The first-order chi connectivity index (χ1) is 9.18. The van der Waals surface area contributed by atoms with E-state index < -0.39 is 11.7 Å². The smallest absolute Gasteiger partial charge is 0.236 e. The predicted molar refractivity (Wildman–Crippen MR) is 73.9 cm³/mol. The molecule has 5 heteroatoms. The van der Waals surface area contributed by atoms with E-state index >= 15 is 0 Å². The number of hydrogen-bond donors (Lipinski definition) is 0. The van der Waals surface area contributed by atoms with E-state index in [2.05, 4.69) is 4.98 Å². The highest BCUT2D eigenvalue weighted by molar-refractivity contribution is 6.29. The van der Waals surface area contributed by atoms with Crippen LogP contribution in [-0.2, 0) is 6.18 Å². The van der Waals surface area contributed by atoms with Crippen molar-refractivity contribution in [3.8, 4) is 11.3 Å². The molecule has 0 aliphatic carbocycles. The second-order valence-corrected chi connectivity index (χ2v) is 5.22. The molecule has 20 heavy (non-hydrogen) atoms. The second-order valence-electron chi connectivity index (χ2n) is 4.84. The van der Waals surface area contributed by atoms with Gasteiger partial charge in [-0.25, -0.2) is 4.98 Å². The van der Waals surface area contributed by atoms with Crippen LogP contribution in [-0.4, -0.2) is 4.98 Å². The Kier molecular flexibility index (Phi) is 3.78. The van der Waals surface area contributed by atoms with Crippen molar-refractivity contribution in [3.05, 3.63) is 51.7 Å². The molecule has 0 radical (unpaired) electrons. The minimum Gasteiger partial charge on any atom is -0.236 e. The van der Waals surface area contributed by atoms with Crippen LogP contribution >= 0.6 is 11.6 Å². The summed E-state index contributed by atoms with van der Waals surface area (Å²) in [5.74, 6) is 0. The monoisotopic (exact) mass is 299 g/mol. The number of hydrogen-bond acceptors (Lipinski definition) is 1. The first-order valence-corrected chi connectivity index (χ1v) is 6.39. The molecule has 0 N–H and O–H groups in total. The number of pyridine rings is 1. The van der Waals surface area contributed by atoms with Gasteiger partial charge in [0.2, 0.25) is 0 Å². The third-order valence-corrected chi connectivity index (χ3v) is 3.25. The SMILES string of the molecule is Cc1cc(C)c(-c2cc(C(F)(F)F)cc(Cl)n2)c(C)c1. The van der Waals surface area contributed by atoms with E-state index in [9.17, 15) is 13.2 Å². The molecule has 0 atom stereocenters. The van der Waals surface area contributed by atoms with E-state index in [1.807, 2.05) is 32.9 Å². The van der Waals surface area contributed by atoms with E-state index in [4.69, 9.17) is 11.6 Å². The fourth-order valence-corrected chi connectivity index (χ4v) is 2.58. The molecular weight excluding hydrogens is 287 g/mol. The molecule has 0 saturated heterocycles. The maximum Gasteiger partial charge on any atom is 0.416 e. The maximum absolute atomic E-state index is 12.8. The average molecular weight is 300 g/mol. The molecule has 1 nitrogen and oxygen atoms in total. The van der Waals surface area contributed by atoms with Crippen molar-refractivity contribution in [1.29, 1.82) is 0 Å². The third kappa shape index (κ3) is 2.96. The van der Waals surface area contributed by atoms with Gasteiger partial charge in [-0.15, -0.1) is 0 Å². The van der Waals surface area contributed by atoms with Crippen LogP contribution < -0.4 is 0 Å². The number of halogens is 4. The molecule has 1 aromatic heterocycles. The summed E-state index contributed by atoms with van der Waals surface area (Å²) >= 11 is 5.73. The molecule has 0 aliphatic rings. The van der Waals surface area contributed by atoms with Crippen LogP contribution in [0, 0.1) is 20.8 Å². The summed E-state index contributed by atoms with van der Waals surface area (Å²) in [5, 5.41) is -0.158. The van der Waals surface area contributed by atoms with Gasteiger partial charge in [-0.2, -0.15) is 13.2 Å². The minimum atomic E-state index is -4.44. The summed E-state index contributed by atoms with van der Waals surface area (Å²) in [4.78, 5) is 4.03. The van der Waals surface area contributed by atoms with Gasteiger partial charge in [0.1, 0.15) is 5.15 Å². The summed E-state index contributed by atoms with van der Waals surface area (Å²) in [6, 6.07) is 5.71. The van der Waals surface area contributed by atoms with Gasteiger partial charge in [0.05, 0.1) is 11.3 Å². The molecule has 0 unspecified atom stereocenters. The molecule has 0 aliphatic heterocycles. The lowest BCUT2D eigenvalue weighted by Gasteiger charge is -2.13. The molecule has 0 amide bonds. The summed E-state index contributed by atoms with van der Waals surface area (Å²) in [7, 11) is 0. The van der Waals surface area contributed by atoms with Gasteiger partial charge < -0.3 is 0 Å². The number of aryl methyl sites for hydroxylation is 3. The molecule has 0 fully saturated rings. The molecular formula is C15H13ClF3N. The van der Waals surface area contributed by atoms with E-state index in [1.165, 1.54) is 0 Å². The van der Waals surface area contributed by atoms with Crippen LogP contribution in [0.5, 0.6) is 0 Å². The van der Waals surface area contributed by atoms with Crippen molar-refractivity contribution in [2.24, 2.45) is 0 Å². The Morgan fingerprint density at radius 1 is 0.950 bits per heavy atom. The highest BCUT2D eigenvalue weighted by atomic mass is 35.5. The Morgan fingerprint density at radius 3 is 2.00 bits per heavy atom. The molecule has 1 heterocycles. The molecule has 0 bridgehead atoms. The Morgan fingerprint density at radius 2 is 1.50 bits per heavy atom. The van der Waals surface area contributed by atoms with Gasteiger partial charge in [0.15, 0.2) is 0 Å². The summed E-state index contributed by atoms with van der Waals surface area (Å²) < 4.78 is 38.5. The topological polar surface area (TPSA) is 12.9 Å². The highest BCUT2D eigenvalue weighted by Gasteiger charge is 2.31. The Balaban J connectivity index is 2.68. The van der Waals surface area contributed by atoms with E-state index in [1.54, 1.807) is 0 Å². The molecule has 2 rings (SSSR count). The van der Waals surface area contributed by atoms with Gasteiger partial charge in [-0.1, -0.05) is 29.3 Å². The molecule has 0 spiro atoms. The van der Waals surface area contributed by atoms with Crippen molar-refractivity contribution < 1.29 is 13.2 Å². The number of alkyl halides is 3. The fraction of sp³-hybridized carbons (Fsp3) is 0.267. The number of aromatic nitrogens is 1. The van der Waals surface area contributed by atoms with E-state index in [-0.39, 0.29) is 10.8 Å². The van der Waals surface area contributed by atoms with Gasteiger partial charge in [-0.05, 0) is 44.0 Å². The first-order valence-electron chi connectivity index (χ1n) is 6.01. The predicted octanol–water partition coefficient (Wildman–Crippen LogP) is 5.35. The van der Waals surface area contributed by atoms with Crippen molar-refractivity contribution in [2.45, 2.75) is 26.9 Å². The van der Waals surface area contributed by atoms with Crippen LogP contribution in [0.3, 0.4) is 0 Å². The van der Waals surface area contributed by atoms with Crippen molar-refractivity contribution >= 4 is 11.6 Å². The summed E-state index contributed by atoms with van der Waals surface area (Å²) in [6.07, 6.45) is -4.44. The quantitative estimate of drug-likeness (QED) is 0.647. The lowest BCUT2D eigenvalue weighted by molar-refractivity contribution is -0.137. The summed E-state index contributed by atoms with van der Waals surface area (Å²) in [6.45, 7) is 5.65. The molecule has 106 valence electrons. The van der Waals surface area contributed by atoms with Crippen LogP contribution in [0.25, 0.3) is 11.3 Å². The van der Waals surface area contributed by atoms with Gasteiger partial charge >= 0.3 is 6.18 Å². The van der Waals surface area contributed by atoms with Crippen molar-refractivity contribution in [3.63, 3.8) is 0 Å². The second kappa shape index (κ2) is 5.09. The van der Waals surface area contributed by atoms with Crippen molar-refractivity contribution in [1.82, 2.24) is 4.98 Å². The lowest BCUT2D eigenvalue weighted by Crippen LogP contribution is -2.06. The molecule has 2 aromatic rings. The van der Waals surface area contributed by atoms with E-state index in [0.29, 0.717) is 5.56 Å². The Bertz CT molecular complexity index is 640. The van der Waals surface area contributed by atoms with Crippen LogP contribution in [0.4, 0.5) is 13.2 Å². The highest BCUT2D eigenvalue weighted by Crippen LogP contribution is 2.35. The fourth-order valence-electron chi connectivity index (χ4n) is 2.37. The van der Waals surface area contributed by atoms with E-state index in [0.717, 1.165) is 28.8 Å². The molecule has 1 aromatic carbocycles. The zero-order valence-electron chi connectivity index (χ0n) is 11.3. The van der Waals surface area contributed by atoms with Gasteiger partial charge in [-0.3, -0.25) is 0 Å². The Labute approximate surface area is 120 Å².